The van der Waals surface area contributed by atoms with Gasteiger partial charge in [0.1, 0.15) is 5.82 Å². The van der Waals surface area contributed by atoms with E-state index in [1.54, 1.807) is 6.20 Å². The molecule has 3 rings (SSSR count). The molecule has 20 heavy (non-hydrogen) atoms. The molecule has 108 valence electrons. The van der Waals surface area contributed by atoms with Gasteiger partial charge in [0.25, 0.3) is 0 Å². The van der Waals surface area contributed by atoms with Gasteiger partial charge < -0.3 is 10.6 Å². The highest BCUT2D eigenvalue weighted by atomic mass is 15.2. The number of aromatic nitrogens is 4. The van der Waals surface area contributed by atoms with Crippen molar-refractivity contribution in [1.82, 2.24) is 20.2 Å². The van der Waals surface area contributed by atoms with Crippen LogP contribution in [0, 0.1) is 5.92 Å². The number of H-pyrrole nitrogens is 1. The zero-order valence-electron chi connectivity index (χ0n) is 11.9. The van der Waals surface area contributed by atoms with Crippen molar-refractivity contribution in [3.8, 4) is 0 Å². The van der Waals surface area contributed by atoms with Gasteiger partial charge in [-0.25, -0.2) is 0 Å². The molecular weight excluding hydrogens is 252 g/mol. The first-order chi connectivity index (χ1) is 9.86. The number of nitrogens with zero attached hydrogens (tertiary/aromatic N) is 3. The van der Waals surface area contributed by atoms with Crippen molar-refractivity contribution in [1.29, 1.82) is 0 Å². The van der Waals surface area contributed by atoms with E-state index in [2.05, 4.69) is 30.8 Å². The highest BCUT2D eigenvalue weighted by Crippen LogP contribution is 2.28. The summed E-state index contributed by atoms with van der Waals surface area (Å²) in [4.78, 5) is 8.79. The molecule has 2 heterocycles. The summed E-state index contributed by atoms with van der Waals surface area (Å²) in [6.07, 6.45) is 9.98. The molecule has 1 fully saturated rings. The summed E-state index contributed by atoms with van der Waals surface area (Å²) in [7, 11) is 1.82. The number of nitrogens with one attached hydrogen (secondary N) is 3. The van der Waals surface area contributed by atoms with E-state index in [1.807, 2.05) is 7.05 Å². The van der Waals surface area contributed by atoms with E-state index in [1.165, 1.54) is 38.5 Å². The van der Waals surface area contributed by atoms with Gasteiger partial charge in [0.15, 0.2) is 5.65 Å². The third kappa shape index (κ3) is 2.84. The molecule has 1 aliphatic rings. The summed E-state index contributed by atoms with van der Waals surface area (Å²) in [6.45, 7) is 0.955. The van der Waals surface area contributed by atoms with Gasteiger partial charge in [-0.15, -0.1) is 0 Å². The van der Waals surface area contributed by atoms with Crippen molar-refractivity contribution < 1.29 is 0 Å². The van der Waals surface area contributed by atoms with Gasteiger partial charge in [0, 0.05) is 13.6 Å². The van der Waals surface area contributed by atoms with Crippen LogP contribution < -0.4 is 10.6 Å². The Hall–Kier alpha value is -1.85. The first-order valence-electron chi connectivity index (χ1n) is 7.49. The Morgan fingerprint density at radius 1 is 1.30 bits per heavy atom. The Bertz CT molecular complexity index is 558. The number of fused-ring (bicyclic) bond motifs is 1. The lowest BCUT2D eigenvalue weighted by atomic mass is 10.0. The number of hydrogen-bond acceptors (Lipinski definition) is 5. The van der Waals surface area contributed by atoms with Crippen LogP contribution in [-0.4, -0.2) is 33.8 Å². The van der Waals surface area contributed by atoms with Crippen molar-refractivity contribution in [3.05, 3.63) is 6.20 Å². The molecule has 0 spiro atoms. The topological polar surface area (TPSA) is 78.5 Å². The molecule has 0 unspecified atom stereocenters. The minimum atomic E-state index is 0.611. The van der Waals surface area contributed by atoms with Gasteiger partial charge in [0.05, 0.1) is 11.6 Å². The summed E-state index contributed by atoms with van der Waals surface area (Å²) < 4.78 is 0. The normalized spacial score (nSPS) is 15.8. The first-order valence-corrected chi connectivity index (χ1v) is 7.49. The molecule has 0 bridgehead atoms. The second-order valence-electron chi connectivity index (χ2n) is 5.50. The summed E-state index contributed by atoms with van der Waals surface area (Å²) >= 11 is 0. The lowest BCUT2D eigenvalue weighted by Crippen LogP contribution is -2.07. The van der Waals surface area contributed by atoms with Crippen LogP contribution in [0.1, 0.15) is 38.5 Å². The van der Waals surface area contributed by atoms with Crippen molar-refractivity contribution in [2.24, 2.45) is 5.92 Å². The van der Waals surface area contributed by atoms with Crippen molar-refractivity contribution in [2.75, 3.05) is 24.2 Å². The molecule has 2 aromatic rings. The quantitative estimate of drug-likeness (QED) is 0.706. The van der Waals surface area contributed by atoms with Crippen LogP contribution in [0.4, 0.5) is 11.8 Å². The Balaban J connectivity index is 1.59. The molecule has 0 aliphatic heterocycles. The molecule has 2 aromatic heterocycles. The average molecular weight is 274 g/mol. The van der Waals surface area contributed by atoms with Crippen LogP contribution >= 0.6 is 0 Å². The molecule has 3 N–H and O–H groups in total. The summed E-state index contributed by atoms with van der Waals surface area (Å²) in [5, 5.41) is 14.3. The summed E-state index contributed by atoms with van der Waals surface area (Å²) in [5.74, 6) is 2.42. The van der Waals surface area contributed by atoms with Gasteiger partial charge in [-0.2, -0.15) is 15.1 Å². The predicted molar refractivity (Wildman–Crippen MR) is 80.9 cm³/mol. The van der Waals surface area contributed by atoms with Crippen LogP contribution in [-0.2, 0) is 0 Å². The second kappa shape index (κ2) is 6.07. The third-order valence-corrected chi connectivity index (χ3v) is 4.09. The number of anilines is 2. The fraction of sp³-hybridized carbons (Fsp3) is 0.643. The minimum Gasteiger partial charge on any atom is -0.369 e. The average Bonchev–Trinajstić information content (AvgIpc) is 3.13. The number of rotatable bonds is 6. The van der Waals surface area contributed by atoms with E-state index < -0.39 is 0 Å². The minimum absolute atomic E-state index is 0.611. The van der Waals surface area contributed by atoms with E-state index in [0.29, 0.717) is 5.95 Å². The number of hydrogen-bond donors (Lipinski definition) is 3. The van der Waals surface area contributed by atoms with Crippen LogP contribution in [0.3, 0.4) is 0 Å². The predicted octanol–water partition coefficient (Wildman–Crippen LogP) is 2.78. The highest BCUT2D eigenvalue weighted by Gasteiger charge is 2.14. The van der Waals surface area contributed by atoms with E-state index in [4.69, 9.17) is 0 Å². The van der Waals surface area contributed by atoms with Crippen molar-refractivity contribution in [3.63, 3.8) is 0 Å². The standard InChI is InChI=1S/C14H22N6/c1-15-14-18-12(11-9-17-20-13(11)19-14)16-8-4-7-10-5-2-3-6-10/h9-10H,2-8H2,1H3,(H3,15,16,17,18,19,20). The Kier molecular flexibility index (Phi) is 3.99. The second-order valence-corrected chi connectivity index (χ2v) is 5.50. The SMILES string of the molecule is CNc1nc(NCCCC2CCCC2)c2cn[nH]c2n1. The van der Waals surface area contributed by atoms with Gasteiger partial charge in [-0.05, 0) is 18.8 Å². The van der Waals surface area contributed by atoms with Gasteiger partial charge in [-0.1, -0.05) is 25.7 Å². The van der Waals surface area contributed by atoms with Crippen molar-refractivity contribution in [2.45, 2.75) is 38.5 Å². The molecule has 6 nitrogen and oxygen atoms in total. The monoisotopic (exact) mass is 274 g/mol. The fourth-order valence-electron chi connectivity index (χ4n) is 2.98. The molecule has 6 heteroatoms. The first kappa shape index (κ1) is 13.1. The largest absolute Gasteiger partial charge is 0.369 e. The van der Waals surface area contributed by atoms with Gasteiger partial charge in [-0.3, -0.25) is 5.10 Å². The summed E-state index contributed by atoms with van der Waals surface area (Å²) in [6, 6.07) is 0. The maximum absolute atomic E-state index is 4.47. The van der Waals surface area contributed by atoms with Gasteiger partial charge in [0.2, 0.25) is 5.95 Å². The van der Waals surface area contributed by atoms with Crippen LogP contribution in [0.15, 0.2) is 6.20 Å². The molecule has 0 amide bonds. The number of aromatic amines is 1. The lowest BCUT2D eigenvalue weighted by Gasteiger charge is -2.10. The molecule has 0 saturated heterocycles. The zero-order chi connectivity index (χ0) is 13.8. The smallest absolute Gasteiger partial charge is 0.226 e. The molecule has 1 saturated carbocycles. The maximum atomic E-state index is 4.47. The van der Waals surface area contributed by atoms with Gasteiger partial charge >= 0.3 is 0 Å². The lowest BCUT2D eigenvalue weighted by molar-refractivity contribution is 0.491. The van der Waals surface area contributed by atoms with E-state index in [9.17, 15) is 0 Å². The Morgan fingerprint density at radius 3 is 2.95 bits per heavy atom. The van der Waals surface area contributed by atoms with Crippen LogP contribution in [0.5, 0.6) is 0 Å². The Morgan fingerprint density at radius 2 is 2.15 bits per heavy atom. The zero-order valence-corrected chi connectivity index (χ0v) is 11.9. The van der Waals surface area contributed by atoms with E-state index in [-0.39, 0.29) is 0 Å². The third-order valence-electron chi connectivity index (χ3n) is 4.09. The fourth-order valence-corrected chi connectivity index (χ4v) is 2.98. The Labute approximate surface area is 118 Å². The van der Waals surface area contributed by atoms with Crippen LogP contribution in [0.2, 0.25) is 0 Å². The highest BCUT2D eigenvalue weighted by molar-refractivity contribution is 5.86. The molecule has 1 aliphatic carbocycles. The summed E-state index contributed by atoms with van der Waals surface area (Å²) in [5.41, 5.74) is 0.766. The molecule has 0 aromatic carbocycles. The van der Waals surface area contributed by atoms with E-state index >= 15 is 0 Å². The van der Waals surface area contributed by atoms with E-state index in [0.717, 1.165) is 29.3 Å². The molecule has 0 radical (unpaired) electrons. The van der Waals surface area contributed by atoms with Crippen molar-refractivity contribution >= 4 is 22.8 Å². The van der Waals surface area contributed by atoms with Crippen LogP contribution in [0.25, 0.3) is 11.0 Å². The molecular formula is C14H22N6. The maximum Gasteiger partial charge on any atom is 0.226 e. The molecule has 0 atom stereocenters.